The van der Waals surface area contributed by atoms with Crippen LogP contribution in [0, 0.1) is 20.8 Å². The Morgan fingerprint density at radius 2 is 1.78 bits per heavy atom. The van der Waals surface area contributed by atoms with Crippen molar-refractivity contribution in [1.29, 1.82) is 0 Å². The highest BCUT2D eigenvalue weighted by Crippen LogP contribution is 2.17. The molecule has 0 fully saturated rings. The molecule has 0 heterocycles. The zero-order valence-corrected chi connectivity index (χ0v) is 15.7. The predicted octanol–water partition coefficient (Wildman–Crippen LogP) is 4.04. The minimum Gasteiger partial charge on any atom is -0.466 e. The van der Waals surface area contributed by atoms with Crippen molar-refractivity contribution in [3.8, 4) is 0 Å². The van der Waals surface area contributed by atoms with Crippen LogP contribution in [0.5, 0.6) is 0 Å². The molecular formula is C18H23BrO4. The summed E-state index contributed by atoms with van der Waals surface area (Å²) in [7, 11) is 1.35. The second kappa shape index (κ2) is 9.50. The van der Waals surface area contributed by atoms with Crippen molar-refractivity contribution in [2.45, 2.75) is 33.6 Å². The van der Waals surface area contributed by atoms with Crippen molar-refractivity contribution in [3.63, 3.8) is 0 Å². The Labute approximate surface area is 146 Å². The smallest absolute Gasteiger partial charge is 0.338 e. The van der Waals surface area contributed by atoms with Crippen LogP contribution in [0.4, 0.5) is 0 Å². The number of esters is 2. The molecule has 0 amide bonds. The van der Waals surface area contributed by atoms with E-state index in [1.54, 1.807) is 6.08 Å². The molecule has 0 N–H and O–H groups in total. The lowest BCUT2D eigenvalue weighted by Crippen LogP contribution is -2.10. The Kier molecular flexibility index (Phi) is 8.03. The first kappa shape index (κ1) is 19.4. The Hall–Kier alpha value is -1.62. The third-order valence-corrected chi connectivity index (χ3v) is 4.05. The van der Waals surface area contributed by atoms with Gasteiger partial charge in [0.1, 0.15) is 0 Å². The summed E-state index contributed by atoms with van der Waals surface area (Å²) in [5.74, 6) is -0.637. The molecule has 0 aromatic heterocycles. The third-order valence-electron chi connectivity index (χ3n) is 3.45. The number of rotatable bonds is 7. The fourth-order valence-corrected chi connectivity index (χ4v) is 2.88. The number of aryl methyl sites for hydroxylation is 3. The Morgan fingerprint density at radius 3 is 2.30 bits per heavy atom. The van der Waals surface area contributed by atoms with Gasteiger partial charge >= 0.3 is 11.9 Å². The van der Waals surface area contributed by atoms with Gasteiger partial charge in [0.15, 0.2) is 0 Å². The van der Waals surface area contributed by atoms with E-state index in [9.17, 15) is 9.59 Å². The van der Waals surface area contributed by atoms with Crippen LogP contribution in [-0.4, -0.2) is 31.0 Å². The molecule has 5 heteroatoms. The lowest BCUT2D eigenvalue weighted by Gasteiger charge is -2.11. The standard InChI is InChI=1S/C18H23BrO4/c1-12-9-13(2)16(14(3)10-12)18(21)23-8-6-5-7-15(11-19)17(20)22-4/h7,9-10H,5-6,8,11H2,1-4H3/b15-7+. The van der Waals surface area contributed by atoms with Crippen molar-refractivity contribution in [2.24, 2.45) is 0 Å². The predicted molar refractivity (Wildman–Crippen MR) is 94.1 cm³/mol. The molecule has 0 atom stereocenters. The van der Waals surface area contributed by atoms with E-state index in [1.807, 2.05) is 32.9 Å². The first-order valence-electron chi connectivity index (χ1n) is 7.49. The number of hydrogen-bond acceptors (Lipinski definition) is 4. The van der Waals surface area contributed by atoms with Gasteiger partial charge in [0.05, 0.1) is 19.3 Å². The summed E-state index contributed by atoms with van der Waals surface area (Å²) in [5.41, 5.74) is 4.21. The normalized spacial score (nSPS) is 11.3. The first-order valence-corrected chi connectivity index (χ1v) is 8.61. The number of ether oxygens (including phenoxy) is 2. The molecule has 0 saturated heterocycles. The van der Waals surface area contributed by atoms with Gasteiger partial charge in [-0.05, 0) is 44.7 Å². The maximum atomic E-state index is 12.2. The number of halogens is 1. The molecule has 0 aliphatic carbocycles. The van der Waals surface area contributed by atoms with E-state index in [0.717, 1.165) is 16.7 Å². The van der Waals surface area contributed by atoms with Gasteiger partial charge in [-0.25, -0.2) is 9.59 Å². The molecule has 1 aromatic rings. The summed E-state index contributed by atoms with van der Waals surface area (Å²) >= 11 is 3.25. The molecule has 23 heavy (non-hydrogen) atoms. The summed E-state index contributed by atoms with van der Waals surface area (Å²) in [6.07, 6.45) is 3.11. The molecule has 1 aromatic carbocycles. The van der Waals surface area contributed by atoms with E-state index in [0.29, 0.717) is 35.9 Å². The maximum absolute atomic E-state index is 12.2. The van der Waals surface area contributed by atoms with Crippen LogP contribution in [0.1, 0.15) is 39.9 Å². The number of allylic oxidation sites excluding steroid dienone is 1. The van der Waals surface area contributed by atoms with Gasteiger partial charge < -0.3 is 9.47 Å². The second-order valence-corrected chi connectivity index (χ2v) is 5.97. The van der Waals surface area contributed by atoms with Gasteiger partial charge in [-0.1, -0.05) is 39.7 Å². The van der Waals surface area contributed by atoms with Crippen LogP contribution in [0.15, 0.2) is 23.8 Å². The van der Waals surface area contributed by atoms with Gasteiger partial charge in [-0.3, -0.25) is 0 Å². The molecule has 4 nitrogen and oxygen atoms in total. The summed E-state index contributed by atoms with van der Waals surface area (Å²) in [6.45, 7) is 6.15. The van der Waals surface area contributed by atoms with Crippen molar-refractivity contribution >= 4 is 27.9 Å². The Bertz CT molecular complexity index is 582. The number of carbonyl (C=O) groups is 2. The fourth-order valence-electron chi connectivity index (χ4n) is 2.42. The van der Waals surface area contributed by atoms with E-state index in [-0.39, 0.29) is 11.9 Å². The number of methoxy groups -OCH3 is 1. The zero-order chi connectivity index (χ0) is 17.4. The number of carbonyl (C=O) groups excluding carboxylic acids is 2. The number of unbranched alkanes of at least 4 members (excludes halogenated alkanes) is 1. The molecule has 0 saturated carbocycles. The molecule has 0 spiro atoms. The monoisotopic (exact) mass is 382 g/mol. The highest BCUT2D eigenvalue weighted by Gasteiger charge is 2.14. The molecule has 0 aliphatic rings. The number of hydrogen-bond donors (Lipinski definition) is 0. The molecule has 0 radical (unpaired) electrons. The molecule has 0 unspecified atom stereocenters. The molecule has 126 valence electrons. The van der Waals surface area contributed by atoms with E-state index in [4.69, 9.17) is 4.74 Å². The average Bonchev–Trinajstić information content (AvgIpc) is 2.49. The highest BCUT2D eigenvalue weighted by atomic mass is 79.9. The van der Waals surface area contributed by atoms with Gasteiger partial charge in [0, 0.05) is 10.9 Å². The minimum absolute atomic E-state index is 0.294. The molecule has 0 aliphatic heterocycles. The van der Waals surface area contributed by atoms with Crippen molar-refractivity contribution in [1.82, 2.24) is 0 Å². The molecule has 1 rings (SSSR count). The van der Waals surface area contributed by atoms with Crippen LogP contribution < -0.4 is 0 Å². The Balaban J connectivity index is 2.52. The largest absolute Gasteiger partial charge is 0.466 e. The van der Waals surface area contributed by atoms with Gasteiger partial charge in [-0.2, -0.15) is 0 Å². The zero-order valence-electron chi connectivity index (χ0n) is 14.1. The topological polar surface area (TPSA) is 52.6 Å². The van der Waals surface area contributed by atoms with E-state index < -0.39 is 0 Å². The average molecular weight is 383 g/mol. The van der Waals surface area contributed by atoms with E-state index in [2.05, 4.69) is 20.7 Å². The first-order chi connectivity index (χ1) is 10.9. The lowest BCUT2D eigenvalue weighted by molar-refractivity contribution is -0.136. The second-order valence-electron chi connectivity index (χ2n) is 5.41. The van der Waals surface area contributed by atoms with Crippen LogP contribution in [0.25, 0.3) is 0 Å². The minimum atomic E-state index is -0.343. The van der Waals surface area contributed by atoms with Crippen LogP contribution in [0.3, 0.4) is 0 Å². The number of benzene rings is 1. The third kappa shape index (κ3) is 5.82. The van der Waals surface area contributed by atoms with Crippen LogP contribution in [0.2, 0.25) is 0 Å². The van der Waals surface area contributed by atoms with Crippen LogP contribution >= 0.6 is 15.9 Å². The highest BCUT2D eigenvalue weighted by molar-refractivity contribution is 9.09. The van der Waals surface area contributed by atoms with Gasteiger partial charge in [0.25, 0.3) is 0 Å². The van der Waals surface area contributed by atoms with Crippen LogP contribution in [-0.2, 0) is 14.3 Å². The SMILES string of the molecule is COC(=O)/C(=C/CCCOC(=O)c1c(C)cc(C)cc1C)CBr. The quantitative estimate of drug-likeness (QED) is 0.309. The van der Waals surface area contributed by atoms with Crippen molar-refractivity contribution in [2.75, 3.05) is 19.0 Å². The summed E-state index contributed by atoms with van der Waals surface area (Å²) in [5, 5.41) is 0.446. The molecular weight excluding hydrogens is 360 g/mol. The molecule has 0 bridgehead atoms. The van der Waals surface area contributed by atoms with Gasteiger partial charge in [0.2, 0.25) is 0 Å². The number of alkyl halides is 1. The maximum Gasteiger partial charge on any atom is 0.338 e. The van der Waals surface area contributed by atoms with Gasteiger partial charge in [-0.15, -0.1) is 0 Å². The van der Waals surface area contributed by atoms with E-state index >= 15 is 0 Å². The lowest BCUT2D eigenvalue weighted by atomic mass is 10.00. The van der Waals surface area contributed by atoms with E-state index in [1.165, 1.54) is 7.11 Å². The Morgan fingerprint density at radius 1 is 1.17 bits per heavy atom. The van der Waals surface area contributed by atoms with Crippen molar-refractivity contribution < 1.29 is 19.1 Å². The summed E-state index contributed by atoms with van der Waals surface area (Å²) in [6, 6.07) is 3.95. The fraction of sp³-hybridized carbons (Fsp3) is 0.444. The summed E-state index contributed by atoms with van der Waals surface area (Å²) < 4.78 is 10.0. The van der Waals surface area contributed by atoms with Crippen molar-refractivity contribution in [3.05, 3.63) is 46.0 Å². The summed E-state index contributed by atoms with van der Waals surface area (Å²) in [4.78, 5) is 23.6.